The third-order valence-electron chi connectivity index (χ3n) is 3.00. The number of hydrogen-bond donors (Lipinski definition) is 1. The number of nitrogen functional groups attached to an aromatic ring is 1. The van der Waals surface area contributed by atoms with Gasteiger partial charge in [-0.05, 0) is 35.0 Å². The van der Waals surface area contributed by atoms with E-state index in [1.54, 1.807) is 7.11 Å². The van der Waals surface area contributed by atoms with Crippen LogP contribution in [0.25, 0.3) is 11.4 Å². The van der Waals surface area contributed by atoms with Gasteiger partial charge in [0.2, 0.25) is 0 Å². The molecule has 2 aromatic rings. The molecular formula is C13H18BrN5O. The van der Waals surface area contributed by atoms with E-state index in [1.165, 1.54) is 0 Å². The predicted molar refractivity (Wildman–Crippen MR) is 81.2 cm³/mol. The molecule has 1 aromatic carbocycles. The second-order valence-corrected chi connectivity index (χ2v) is 5.53. The van der Waals surface area contributed by atoms with Crippen LogP contribution in [0.4, 0.5) is 5.69 Å². The second kappa shape index (κ2) is 6.81. The molecule has 0 spiro atoms. The largest absolute Gasteiger partial charge is 0.399 e. The summed E-state index contributed by atoms with van der Waals surface area (Å²) in [5.74, 6) is 0.702. The minimum Gasteiger partial charge on any atom is -0.399 e. The van der Waals surface area contributed by atoms with Gasteiger partial charge in [0.15, 0.2) is 5.82 Å². The molecular weight excluding hydrogens is 322 g/mol. The number of methoxy groups -OCH3 is 1. The number of benzene rings is 1. The number of nitrogens with two attached hydrogens (primary N) is 1. The molecule has 0 aliphatic carbocycles. The number of tetrazole rings is 1. The molecule has 0 aliphatic heterocycles. The van der Waals surface area contributed by atoms with Crippen molar-refractivity contribution in [2.24, 2.45) is 0 Å². The summed E-state index contributed by atoms with van der Waals surface area (Å²) < 4.78 is 7.99. The highest BCUT2D eigenvalue weighted by molar-refractivity contribution is 9.10. The fourth-order valence-electron chi connectivity index (χ4n) is 2.17. The lowest BCUT2D eigenvalue weighted by molar-refractivity contribution is 0.144. The Bertz CT molecular complexity index is 545. The molecule has 0 bridgehead atoms. The maximum Gasteiger partial charge on any atom is 0.182 e. The summed E-state index contributed by atoms with van der Waals surface area (Å²) in [5, 5.41) is 12.0. The van der Waals surface area contributed by atoms with Crippen LogP contribution in [0.15, 0.2) is 22.7 Å². The standard InChI is InChI=1S/C13H18BrN5O/c1-3-4-12(8-20-2)19-13(16-17-18-19)9-5-10(14)7-11(15)6-9/h5-7,12H,3-4,8,15H2,1-2H3. The summed E-state index contributed by atoms with van der Waals surface area (Å²) >= 11 is 3.44. The zero-order valence-electron chi connectivity index (χ0n) is 11.6. The van der Waals surface area contributed by atoms with Gasteiger partial charge in [-0.3, -0.25) is 0 Å². The van der Waals surface area contributed by atoms with E-state index < -0.39 is 0 Å². The van der Waals surface area contributed by atoms with Crippen LogP contribution >= 0.6 is 15.9 Å². The van der Waals surface area contributed by atoms with Gasteiger partial charge in [0, 0.05) is 22.8 Å². The van der Waals surface area contributed by atoms with Crippen LogP contribution in [-0.2, 0) is 4.74 Å². The van der Waals surface area contributed by atoms with Crippen LogP contribution < -0.4 is 5.73 Å². The van der Waals surface area contributed by atoms with Gasteiger partial charge in [-0.2, -0.15) is 0 Å². The van der Waals surface area contributed by atoms with Gasteiger partial charge in [-0.25, -0.2) is 4.68 Å². The smallest absolute Gasteiger partial charge is 0.182 e. The summed E-state index contributed by atoms with van der Waals surface area (Å²) in [4.78, 5) is 0. The second-order valence-electron chi connectivity index (χ2n) is 4.62. The average molecular weight is 340 g/mol. The maximum atomic E-state index is 5.88. The van der Waals surface area contributed by atoms with Crippen molar-refractivity contribution in [3.05, 3.63) is 22.7 Å². The lowest BCUT2D eigenvalue weighted by Gasteiger charge is -2.16. The van der Waals surface area contributed by atoms with Crippen molar-refractivity contribution in [1.29, 1.82) is 0 Å². The van der Waals surface area contributed by atoms with Crippen LogP contribution in [0.2, 0.25) is 0 Å². The number of anilines is 1. The fourth-order valence-corrected chi connectivity index (χ4v) is 2.68. The Labute approximate surface area is 126 Å². The molecule has 1 atom stereocenters. The molecule has 20 heavy (non-hydrogen) atoms. The highest BCUT2D eigenvalue weighted by atomic mass is 79.9. The van der Waals surface area contributed by atoms with E-state index in [9.17, 15) is 0 Å². The molecule has 0 radical (unpaired) electrons. The summed E-state index contributed by atoms with van der Waals surface area (Å²) in [7, 11) is 1.68. The third kappa shape index (κ3) is 3.34. The van der Waals surface area contributed by atoms with Crippen molar-refractivity contribution in [2.45, 2.75) is 25.8 Å². The van der Waals surface area contributed by atoms with Crippen molar-refractivity contribution in [1.82, 2.24) is 20.2 Å². The van der Waals surface area contributed by atoms with Gasteiger partial charge in [0.25, 0.3) is 0 Å². The van der Waals surface area contributed by atoms with Crippen LogP contribution in [0.5, 0.6) is 0 Å². The lowest BCUT2D eigenvalue weighted by atomic mass is 10.1. The predicted octanol–water partition coefficient (Wildman–Crippen LogP) is 2.67. The minimum absolute atomic E-state index is 0.121. The molecule has 0 fully saturated rings. The Hall–Kier alpha value is -1.47. The third-order valence-corrected chi connectivity index (χ3v) is 3.46. The van der Waals surface area contributed by atoms with Gasteiger partial charge >= 0.3 is 0 Å². The SMILES string of the molecule is CCCC(COC)n1nnnc1-c1cc(N)cc(Br)c1. The highest BCUT2D eigenvalue weighted by Gasteiger charge is 2.18. The summed E-state index contributed by atoms with van der Waals surface area (Å²) in [6.07, 6.45) is 1.99. The minimum atomic E-state index is 0.121. The molecule has 0 saturated carbocycles. The number of halogens is 1. The normalized spacial score (nSPS) is 12.6. The molecule has 2 rings (SSSR count). The Kier molecular flexibility index (Phi) is 5.08. The first-order valence-electron chi connectivity index (χ1n) is 6.49. The lowest BCUT2D eigenvalue weighted by Crippen LogP contribution is -2.17. The monoisotopic (exact) mass is 339 g/mol. The number of ether oxygens (including phenoxy) is 1. The van der Waals surface area contributed by atoms with Crippen molar-refractivity contribution >= 4 is 21.6 Å². The molecule has 6 nitrogen and oxygen atoms in total. The van der Waals surface area contributed by atoms with Gasteiger partial charge in [0.05, 0.1) is 12.6 Å². The average Bonchev–Trinajstić information content (AvgIpc) is 2.86. The Balaban J connectivity index is 2.40. The number of aromatic nitrogens is 4. The number of nitrogens with zero attached hydrogens (tertiary/aromatic N) is 4. The summed E-state index contributed by atoms with van der Waals surface area (Å²) in [6, 6.07) is 5.78. The van der Waals surface area contributed by atoms with Gasteiger partial charge in [0.1, 0.15) is 0 Å². The molecule has 1 unspecified atom stereocenters. The zero-order chi connectivity index (χ0) is 14.5. The number of rotatable bonds is 6. The van der Waals surface area contributed by atoms with Crippen molar-refractivity contribution in [3.8, 4) is 11.4 Å². The summed E-state index contributed by atoms with van der Waals surface area (Å²) in [5.41, 5.74) is 7.43. The molecule has 1 aromatic heterocycles. The quantitative estimate of drug-likeness (QED) is 0.818. The maximum absolute atomic E-state index is 5.88. The summed E-state index contributed by atoms with van der Waals surface area (Å²) in [6.45, 7) is 2.71. The molecule has 2 N–H and O–H groups in total. The van der Waals surface area contributed by atoms with Crippen LogP contribution in [0, 0.1) is 0 Å². The van der Waals surface area contributed by atoms with E-state index in [0.717, 1.165) is 22.9 Å². The van der Waals surface area contributed by atoms with E-state index in [0.29, 0.717) is 18.1 Å². The van der Waals surface area contributed by atoms with Crippen molar-refractivity contribution in [3.63, 3.8) is 0 Å². The van der Waals surface area contributed by atoms with E-state index in [-0.39, 0.29) is 6.04 Å². The molecule has 0 amide bonds. The molecule has 108 valence electrons. The van der Waals surface area contributed by atoms with Gasteiger partial charge in [-0.15, -0.1) is 5.10 Å². The van der Waals surface area contributed by atoms with Crippen LogP contribution in [0.1, 0.15) is 25.8 Å². The van der Waals surface area contributed by atoms with E-state index in [4.69, 9.17) is 10.5 Å². The van der Waals surface area contributed by atoms with E-state index >= 15 is 0 Å². The molecule has 1 heterocycles. The van der Waals surface area contributed by atoms with Crippen molar-refractivity contribution < 1.29 is 4.74 Å². The molecule has 0 aliphatic rings. The van der Waals surface area contributed by atoms with Crippen LogP contribution in [0.3, 0.4) is 0 Å². The fraction of sp³-hybridized carbons (Fsp3) is 0.462. The van der Waals surface area contributed by atoms with Gasteiger partial charge < -0.3 is 10.5 Å². The van der Waals surface area contributed by atoms with Crippen molar-refractivity contribution in [2.75, 3.05) is 19.5 Å². The first-order chi connectivity index (χ1) is 9.65. The highest BCUT2D eigenvalue weighted by Crippen LogP contribution is 2.27. The zero-order valence-corrected chi connectivity index (χ0v) is 13.2. The number of hydrogen-bond acceptors (Lipinski definition) is 5. The van der Waals surface area contributed by atoms with E-state index in [1.807, 2.05) is 22.9 Å². The Morgan fingerprint density at radius 3 is 2.85 bits per heavy atom. The first-order valence-corrected chi connectivity index (χ1v) is 7.28. The topological polar surface area (TPSA) is 78.8 Å². The van der Waals surface area contributed by atoms with E-state index in [2.05, 4.69) is 38.4 Å². The van der Waals surface area contributed by atoms with Gasteiger partial charge in [-0.1, -0.05) is 29.3 Å². The Morgan fingerprint density at radius 1 is 1.40 bits per heavy atom. The molecule has 7 heteroatoms. The molecule has 0 saturated heterocycles. The first kappa shape index (κ1) is 14.9. The van der Waals surface area contributed by atoms with Crippen LogP contribution in [-0.4, -0.2) is 33.9 Å². The Morgan fingerprint density at radius 2 is 2.20 bits per heavy atom.